The third kappa shape index (κ3) is 4.61. The second-order valence-electron chi connectivity index (χ2n) is 4.95. The number of nitrogens with one attached hydrogen (secondary N) is 2. The summed E-state index contributed by atoms with van der Waals surface area (Å²) in [6, 6.07) is 4.74. The summed E-state index contributed by atoms with van der Waals surface area (Å²) >= 11 is 0. The molecule has 0 fully saturated rings. The SMILES string of the molecule is CCNCC(C)C(=O)Nc1cc(S(C)(=O)=O)ccc1C. The molecular formula is C14H22N2O3S. The molecule has 0 aliphatic rings. The van der Waals surface area contributed by atoms with Crippen LogP contribution in [-0.2, 0) is 14.6 Å². The van der Waals surface area contributed by atoms with Gasteiger partial charge in [0.25, 0.3) is 0 Å². The maximum absolute atomic E-state index is 12.0. The lowest BCUT2D eigenvalue weighted by Crippen LogP contribution is -2.30. The van der Waals surface area contributed by atoms with E-state index in [0.29, 0.717) is 12.2 Å². The Morgan fingerprint density at radius 2 is 2.00 bits per heavy atom. The van der Waals surface area contributed by atoms with Crippen LogP contribution in [0, 0.1) is 12.8 Å². The van der Waals surface area contributed by atoms with Crippen molar-refractivity contribution in [2.24, 2.45) is 5.92 Å². The van der Waals surface area contributed by atoms with Crippen LogP contribution in [0.25, 0.3) is 0 Å². The number of benzene rings is 1. The number of amides is 1. The molecule has 0 bridgehead atoms. The first-order valence-electron chi connectivity index (χ1n) is 6.58. The Kier molecular flexibility index (Phi) is 5.71. The van der Waals surface area contributed by atoms with E-state index < -0.39 is 9.84 Å². The van der Waals surface area contributed by atoms with Gasteiger partial charge in [-0.2, -0.15) is 0 Å². The molecule has 5 nitrogen and oxygen atoms in total. The standard InChI is InChI=1S/C14H22N2O3S/c1-5-15-9-11(3)14(17)16-13-8-12(20(4,18)19)7-6-10(13)2/h6-8,11,15H,5,9H2,1-4H3,(H,16,17). The largest absolute Gasteiger partial charge is 0.326 e. The molecule has 0 aliphatic carbocycles. The van der Waals surface area contributed by atoms with E-state index in [1.165, 1.54) is 6.07 Å². The van der Waals surface area contributed by atoms with Crippen molar-refractivity contribution in [1.29, 1.82) is 0 Å². The van der Waals surface area contributed by atoms with Crippen LogP contribution in [0.1, 0.15) is 19.4 Å². The van der Waals surface area contributed by atoms with E-state index in [1.54, 1.807) is 12.1 Å². The first-order valence-corrected chi connectivity index (χ1v) is 8.47. The average Bonchev–Trinajstić information content (AvgIpc) is 2.37. The van der Waals surface area contributed by atoms with Gasteiger partial charge < -0.3 is 10.6 Å². The van der Waals surface area contributed by atoms with Gasteiger partial charge in [0, 0.05) is 24.4 Å². The Hall–Kier alpha value is -1.40. The minimum absolute atomic E-state index is 0.125. The van der Waals surface area contributed by atoms with E-state index in [0.717, 1.165) is 18.4 Å². The van der Waals surface area contributed by atoms with Gasteiger partial charge in [-0.15, -0.1) is 0 Å². The summed E-state index contributed by atoms with van der Waals surface area (Å²) in [5.41, 5.74) is 1.38. The molecule has 0 heterocycles. The predicted molar refractivity (Wildman–Crippen MR) is 80.6 cm³/mol. The number of sulfone groups is 1. The smallest absolute Gasteiger partial charge is 0.228 e. The van der Waals surface area contributed by atoms with Gasteiger partial charge in [0.2, 0.25) is 5.91 Å². The van der Waals surface area contributed by atoms with Crippen LogP contribution in [0.2, 0.25) is 0 Å². The molecule has 1 rings (SSSR count). The van der Waals surface area contributed by atoms with Gasteiger partial charge in [-0.3, -0.25) is 4.79 Å². The second-order valence-corrected chi connectivity index (χ2v) is 6.96. The lowest BCUT2D eigenvalue weighted by molar-refractivity contribution is -0.119. The van der Waals surface area contributed by atoms with Crippen LogP contribution < -0.4 is 10.6 Å². The Morgan fingerprint density at radius 1 is 1.35 bits per heavy atom. The van der Waals surface area contributed by atoms with E-state index >= 15 is 0 Å². The fraction of sp³-hybridized carbons (Fsp3) is 0.500. The van der Waals surface area contributed by atoms with Gasteiger partial charge in [-0.1, -0.05) is 19.9 Å². The molecule has 112 valence electrons. The Morgan fingerprint density at radius 3 is 2.55 bits per heavy atom. The molecule has 0 spiro atoms. The van der Waals surface area contributed by atoms with Crippen molar-refractivity contribution >= 4 is 21.4 Å². The van der Waals surface area contributed by atoms with E-state index in [2.05, 4.69) is 10.6 Å². The quantitative estimate of drug-likeness (QED) is 0.836. The monoisotopic (exact) mass is 298 g/mol. The van der Waals surface area contributed by atoms with E-state index in [-0.39, 0.29) is 16.7 Å². The van der Waals surface area contributed by atoms with Crippen molar-refractivity contribution in [3.05, 3.63) is 23.8 Å². The van der Waals surface area contributed by atoms with Crippen molar-refractivity contribution in [2.75, 3.05) is 24.7 Å². The molecule has 1 unspecified atom stereocenters. The van der Waals surface area contributed by atoms with Crippen LogP contribution in [0.5, 0.6) is 0 Å². The van der Waals surface area contributed by atoms with Crippen molar-refractivity contribution < 1.29 is 13.2 Å². The van der Waals surface area contributed by atoms with Gasteiger partial charge in [0.05, 0.1) is 4.90 Å². The van der Waals surface area contributed by atoms with Crippen LogP contribution in [-0.4, -0.2) is 33.7 Å². The van der Waals surface area contributed by atoms with Crippen LogP contribution in [0.3, 0.4) is 0 Å². The maximum atomic E-state index is 12.0. The summed E-state index contributed by atoms with van der Waals surface area (Å²) in [5.74, 6) is -0.309. The third-order valence-electron chi connectivity index (χ3n) is 3.04. The molecule has 0 saturated carbocycles. The molecule has 1 atom stereocenters. The van der Waals surface area contributed by atoms with E-state index in [9.17, 15) is 13.2 Å². The highest BCUT2D eigenvalue weighted by Gasteiger charge is 2.15. The first kappa shape index (κ1) is 16.7. The minimum atomic E-state index is -3.28. The third-order valence-corrected chi connectivity index (χ3v) is 4.15. The molecule has 2 N–H and O–H groups in total. The van der Waals surface area contributed by atoms with Crippen LogP contribution in [0.4, 0.5) is 5.69 Å². The number of rotatable bonds is 6. The Labute approximate surface area is 120 Å². The van der Waals surface area contributed by atoms with Crippen LogP contribution in [0.15, 0.2) is 23.1 Å². The number of aryl methyl sites for hydroxylation is 1. The zero-order valence-corrected chi connectivity index (χ0v) is 13.2. The summed E-state index contributed by atoms with van der Waals surface area (Å²) in [5, 5.41) is 5.90. The van der Waals surface area contributed by atoms with Crippen molar-refractivity contribution in [3.63, 3.8) is 0 Å². The molecule has 0 saturated heterocycles. The average molecular weight is 298 g/mol. The summed E-state index contributed by atoms with van der Waals surface area (Å²) in [6.07, 6.45) is 1.15. The topological polar surface area (TPSA) is 75.3 Å². The molecule has 0 radical (unpaired) electrons. The van der Waals surface area contributed by atoms with Gasteiger partial charge in [0.1, 0.15) is 0 Å². The normalized spacial score (nSPS) is 13.0. The molecule has 1 amide bonds. The second kappa shape index (κ2) is 6.85. The van der Waals surface area contributed by atoms with Gasteiger partial charge >= 0.3 is 0 Å². The fourth-order valence-electron chi connectivity index (χ4n) is 1.68. The van der Waals surface area contributed by atoms with Gasteiger partial charge in [-0.25, -0.2) is 8.42 Å². The van der Waals surface area contributed by atoms with E-state index in [1.807, 2.05) is 20.8 Å². The number of hydrogen-bond donors (Lipinski definition) is 2. The lowest BCUT2D eigenvalue weighted by atomic mass is 10.1. The molecule has 6 heteroatoms. The number of carbonyl (C=O) groups excluding carboxylic acids is 1. The number of carbonyl (C=O) groups is 1. The summed E-state index contributed by atoms with van der Waals surface area (Å²) in [6.45, 7) is 7.03. The Bertz CT molecular complexity index is 582. The predicted octanol–water partition coefficient (Wildman–Crippen LogP) is 1.58. The first-order chi connectivity index (χ1) is 9.25. The van der Waals surface area contributed by atoms with Crippen molar-refractivity contribution in [1.82, 2.24) is 5.32 Å². The van der Waals surface area contributed by atoms with Gasteiger partial charge in [0.15, 0.2) is 9.84 Å². The van der Waals surface area contributed by atoms with Crippen LogP contribution >= 0.6 is 0 Å². The molecule has 0 aromatic heterocycles. The number of anilines is 1. The minimum Gasteiger partial charge on any atom is -0.326 e. The molecule has 0 aliphatic heterocycles. The Balaban J connectivity index is 2.89. The lowest BCUT2D eigenvalue weighted by Gasteiger charge is -2.14. The molecular weight excluding hydrogens is 276 g/mol. The van der Waals surface area contributed by atoms with Crippen molar-refractivity contribution in [2.45, 2.75) is 25.7 Å². The summed E-state index contributed by atoms with van der Waals surface area (Å²) in [4.78, 5) is 12.2. The summed E-state index contributed by atoms with van der Waals surface area (Å²) < 4.78 is 23.1. The highest BCUT2D eigenvalue weighted by Crippen LogP contribution is 2.20. The highest BCUT2D eigenvalue weighted by atomic mass is 32.2. The fourth-order valence-corrected chi connectivity index (χ4v) is 2.32. The highest BCUT2D eigenvalue weighted by molar-refractivity contribution is 7.90. The summed E-state index contributed by atoms with van der Waals surface area (Å²) in [7, 11) is -3.28. The van der Waals surface area contributed by atoms with E-state index in [4.69, 9.17) is 0 Å². The van der Waals surface area contributed by atoms with Crippen molar-refractivity contribution in [3.8, 4) is 0 Å². The van der Waals surface area contributed by atoms with Gasteiger partial charge in [-0.05, 0) is 31.2 Å². The molecule has 1 aromatic carbocycles. The number of hydrogen-bond acceptors (Lipinski definition) is 4. The zero-order valence-electron chi connectivity index (χ0n) is 12.4. The molecule has 20 heavy (non-hydrogen) atoms. The molecule has 1 aromatic rings. The maximum Gasteiger partial charge on any atom is 0.228 e. The zero-order chi connectivity index (χ0) is 15.3.